The first-order valence-corrected chi connectivity index (χ1v) is 7.31. The molecule has 4 heteroatoms. The van der Waals surface area contributed by atoms with Crippen LogP contribution in [0.4, 0.5) is 0 Å². The Morgan fingerprint density at radius 2 is 1.95 bits per heavy atom. The van der Waals surface area contributed by atoms with E-state index in [0.29, 0.717) is 12.6 Å². The fourth-order valence-electron chi connectivity index (χ4n) is 2.14. The number of phenols is 1. The number of phenolic OH excluding ortho intramolecular Hbond substituents is 1. The van der Waals surface area contributed by atoms with Crippen molar-refractivity contribution in [1.82, 2.24) is 10.3 Å². The highest BCUT2D eigenvalue weighted by Gasteiger charge is 2.21. The first-order valence-electron chi connectivity index (χ1n) is 7.31. The third kappa shape index (κ3) is 3.95. The number of benzene rings is 1. The summed E-state index contributed by atoms with van der Waals surface area (Å²) in [7, 11) is 0. The summed E-state index contributed by atoms with van der Waals surface area (Å²) in [5, 5.41) is 12.8. The molecular weight excluding hydrogens is 264 g/mol. The molecule has 0 spiro atoms. The zero-order valence-electron chi connectivity index (χ0n) is 12.2. The number of aryl methyl sites for hydroxylation is 1. The van der Waals surface area contributed by atoms with Crippen LogP contribution in [-0.2, 0) is 13.2 Å². The summed E-state index contributed by atoms with van der Waals surface area (Å²) in [5.41, 5.74) is 2.98. The summed E-state index contributed by atoms with van der Waals surface area (Å²) in [6.45, 7) is 3.21. The molecule has 0 atom stereocenters. The van der Waals surface area contributed by atoms with E-state index in [2.05, 4.69) is 10.3 Å². The molecule has 1 saturated carbocycles. The third-order valence-electron chi connectivity index (χ3n) is 3.54. The maximum Gasteiger partial charge on any atom is 0.142 e. The minimum absolute atomic E-state index is 0.269. The Balaban J connectivity index is 1.66. The van der Waals surface area contributed by atoms with Crippen LogP contribution in [-0.4, -0.2) is 16.1 Å². The predicted octanol–water partition coefficient (Wildman–Crippen LogP) is 2.93. The molecule has 0 saturated heterocycles. The number of nitrogens with zero attached hydrogens (tertiary/aromatic N) is 1. The van der Waals surface area contributed by atoms with Crippen molar-refractivity contribution in [2.75, 3.05) is 0 Å². The lowest BCUT2D eigenvalue weighted by molar-refractivity contribution is 0.300. The van der Waals surface area contributed by atoms with Crippen LogP contribution in [0, 0.1) is 6.92 Å². The molecule has 1 aliphatic carbocycles. The molecule has 21 heavy (non-hydrogen) atoms. The van der Waals surface area contributed by atoms with Crippen molar-refractivity contribution in [3.8, 4) is 11.5 Å². The quantitative estimate of drug-likeness (QED) is 0.856. The summed E-state index contributed by atoms with van der Waals surface area (Å²) in [5.74, 6) is 1.09. The molecule has 1 aliphatic rings. The first-order chi connectivity index (χ1) is 10.2. The number of hydrogen-bond acceptors (Lipinski definition) is 4. The molecule has 3 rings (SSSR count). The van der Waals surface area contributed by atoms with Crippen LogP contribution in [0.2, 0.25) is 0 Å². The lowest BCUT2D eigenvalue weighted by atomic mass is 10.2. The SMILES string of the molecule is Cc1ccc(OCc2ccc(O)cc2)c(CNC2CC2)n1. The van der Waals surface area contributed by atoms with E-state index in [1.165, 1.54) is 12.8 Å². The Labute approximate surface area is 124 Å². The lowest BCUT2D eigenvalue weighted by Gasteiger charge is -2.12. The summed E-state index contributed by atoms with van der Waals surface area (Å²) >= 11 is 0. The minimum Gasteiger partial charge on any atom is -0.508 e. The minimum atomic E-state index is 0.269. The van der Waals surface area contributed by atoms with E-state index in [-0.39, 0.29) is 5.75 Å². The van der Waals surface area contributed by atoms with Gasteiger partial charge in [0.05, 0.1) is 5.69 Å². The maximum absolute atomic E-state index is 9.29. The molecule has 0 bridgehead atoms. The van der Waals surface area contributed by atoms with E-state index in [4.69, 9.17) is 4.74 Å². The fourth-order valence-corrected chi connectivity index (χ4v) is 2.14. The molecule has 0 aliphatic heterocycles. The zero-order valence-corrected chi connectivity index (χ0v) is 12.2. The Bertz CT molecular complexity index is 607. The molecule has 1 aromatic heterocycles. The van der Waals surface area contributed by atoms with E-state index in [9.17, 15) is 5.11 Å². The van der Waals surface area contributed by atoms with E-state index < -0.39 is 0 Å². The van der Waals surface area contributed by atoms with Gasteiger partial charge >= 0.3 is 0 Å². The van der Waals surface area contributed by atoms with Crippen molar-refractivity contribution in [3.63, 3.8) is 0 Å². The number of aromatic nitrogens is 1. The number of aromatic hydroxyl groups is 1. The molecule has 2 N–H and O–H groups in total. The van der Waals surface area contributed by atoms with Gasteiger partial charge in [-0.3, -0.25) is 4.98 Å². The maximum atomic E-state index is 9.29. The Morgan fingerprint density at radius 3 is 2.67 bits per heavy atom. The standard InChI is InChI=1S/C17H20N2O2/c1-12-2-9-17(16(19-12)10-18-14-5-6-14)21-11-13-3-7-15(20)8-4-13/h2-4,7-9,14,18,20H,5-6,10-11H2,1H3. The number of rotatable bonds is 6. The van der Waals surface area contributed by atoms with Crippen molar-refractivity contribution < 1.29 is 9.84 Å². The van der Waals surface area contributed by atoms with Crippen LogP contribution in [0.25, 0.3) is 0 Å². The molecule has 2 aromatic rings. The number of hydrogen-bond donors (Lipinski definition) is 2. The van der Waals surface area contributed by atoms with Gasteiger partial charge in [0, 0.05) is 18.3 Å². The molecule has 1 aromatic carbocycles. The van der Waals surface area contributed by atoms with Gasteiger partial charge in [0.2, 0.25) is 0 Å². The van der Waals surface area contributed by atoms with Gasteiger partial charge in [-0.2, -0.15) is 0 Å². The highest BCUT2D eigenvalue weighted by molar-refractivity contribution is 5.30. The van der Waals surface area contributed by atoms with Gasteiger partial charge in [-0.25, -0.2) is 0 Å². The van der Waals surface area contributed by atoms with Crippen molar-refractivity contribution in [1.29, 1.82) is 0 Å². The highest BCUT2D eigenvalue weighted by atomic mass is 16.5. The van der Waals surface area contributed by atoms with Gasteiger partial charge in [-0.1, -0.05) is 12.1 Å². The van der Waals surface area contributed by atoms with E-state index >= 15 is 0 Å². The number of pyridine rings is 1. The van der Waals surface area contributed by atoms with Gasteiger partial charge in [0.15, 0.2) is 0 Å². The molecule has 1 fully saturated rings. The van der Waals surface area contributed by atoms with Crippen molar-refractivity contribution >= 4 is 0 Å². The van der Waals surface area contributed by atoms with Crippen molar-refractivity contribution in [2.24, 2.45) is 0 Å². The smallest absolute Gasteiger partial charge is 0.142 e. The second-order valence-corrected chi connectivity index (χ2v) is 5.51. The van der Waals surface area contributed by atoms with Gasteiger partial charge < -0.3 is 15.2 Å². The van der Waals surface area contributed by atoms with Crippen molar-refractivity contribution in [3.05, 3.63) is 53.3 Å². The molecule has 110 valence electrons. The van der Waals surface area contributed by atoms with Gasteiger partial charge in [0.1, 0.15) is 18.1 Å². The van der Waals surface area contributed by atoms with Crippen LogP contribution in [0.15, 0.2) is 36.4 Å². The molecular formula is C17H20N2O2. The summed E-state index contributed by atoms with van der Waals surface area (Å²) in [4.78, 5) is 4.57. The summed E-state index contributed by atoms with van der Waals surface area (Å²) < 4.78 is 5.89. The monoisotopic (exact) mass is 284 g/mol. The molecule has 0 radical (unpaired) electrons. The molecule has 4 nitrogen and oxygen atoms in total. The van der Waals surface area contributed by atoms with E-state index in [1.807, 2.05) is 31.2 Å². The lowest BCUT2D eigenvalue weighted by Crippen LogP contribution is -2.17. The second kappa shape index (κ2) is 6.14. The first kappa shape index (κ1) is 13.9. The highest BCUT2D eigenvalue weighted by Crippen LogP contribution is 2.23. The van der Waals surface area contributed by atoms with Crippen LogP contribution in [0.3, 0.4) is 0 Å². The van der Waals surface area contributed by atoms with E-state index in [1.54, 1.807) is 12.1 Å². The summed E-state index contributed by atoms with van der Waals surface area (Å²) in [6.07, 6.45) is 2.52. The van der Waals surface area contributed by atoms with Gasteiger partial charge in [-0.05, 0) is 49.6 Å². The van der Waals surface area contributed by atoms with E-state index in [0.717, 1.165) is 29.2 Å². The second-order valence-electron chi connectivity index (χ2n) is 5.51. The average Bonchev–Trinajstić information content (AvgIpc) is 3.30. The number of ether oxygens (including phenoxy) is 1. The van der Waals surface area contributed by atoms with Gasteiger partial charge in [-0.15, -0.1) is 0 Å². The summed E-state index contributed by atoms with van der Waals surface area (Å²) in [6, 6.07) is 11.7. The largest absolute Gasteiger partial charge is 0.508 e. The molecule has 0 amide bonds. The van der Waals surface area contributed by atoms with Crippen molar-refractivity contribution in [2.45, 2.75) is 39.0 Å². The third-order valence-corrected chi connectivity index (χ3v) is 3.54. The Morgan fingerprint density at radius 1 is 1.19 bits per heavy atom. The zero-order chi connectivity index (χ0) is 14.7. The van der Waals surface area contributed by atoms with Crippen LogP contribution >= 0.6 is 0 Å². The molecule has 0 unspecified atom stereocenters. The molecule has 1 heterocycles. The van der Waals surface area contributed by atoms with Gasteiger partial charge in [0.25, 0.3) is 0 Å². The topological polar surface area (TPSA) is 54.4 Å². The average molecular weight is 284 g/mol. The Hall–Kier alpha value is -2.07. The number of nitrogens with one attached hydrogen (secondary N) is 1. The van der Waals surface area contributed by atoms with Crippen LogP contribution in [0.5, 0.6) is 11.5 Å². The fraction of sp³-hybridized carbons (Fsp3) is 0.353. The predicted molar refractivity (Wildman–Crippen MR) is 81.3 cm³/mol. The normalized spacial score (nSPS) is 14.1. The van der Waals surface area contributed by atoms with Crippen LogP contribution < -0.4 is 10.1 Å². The Kier molecular flexibility index (Phi) is 4.06. The van der Waals surface area contributed by atoms with Crippen LogP contribution in [0.1, 0.15) is 29.8 Å².